The number of hydrogen-bond donors (Lipinski definition) is 2. The lowest BCUT2D eigenvalue weighted by atomic mass is 10.2. The first kappa shape index (κ1) is 10.6. The topological polar surface area (TPSA) is 80.9 Å². The molecule has 3 N–H and O–H groups in total. The van der Waals surface area contributed by atoms with Crippen molar-refractivity contribution in [3.05, 3.63) is 24.3 Å². The Hall–Kier alpha value is -1.49. The fourth-order valence-electron chi connectivity index (χ4n) is 0.838. The van der Waals surface area contributed by atoms with Gasteiger partial charge in [0.05, 0.1) is 5.56 Å². The van der Waals surface area contributed by atoms with E-state index in [2.05, 4.69) is 15.3 Å². The van der Waals surface area contributed by atoms with E-state index >= 15 is 0 Å². The van der Waals surface area contributed by atoms with Crippen molar-refractivity contribution in [2.45, 2.75) is 25.9 Å². The van der Waals surface area contributed by atoms with Gasteiger partial charge in [-0.05, 0) is 13.8 Å². The van der Waals surface area contributed by atoms with Crippen molar-refractivity contribution in [2.75, 3.05) is 0 Å². The smallest absolute Gasteiger partial charge is 0.254 e. The first-order valence-corrected chi connectivity index (χ1v) is 4.42. The molecule has 1 amide bonds. The van der Waals surface area contributed by atoms with Gasteiger partial charge in [0, 0.05) is 24.5 Å². The third-order valence-corrected chi connectivity index (χ3v) is 1.97. The molecule has 1 heterocycles. The quantitative estimate of drug-likeness (QED) is 0.706. The van der Waals surface area contributed by atoms with Crippen LogP contribution in [0.25, 0.3) is 0 Å². The van der Waals surface area contributed by atoms with Crippen LogP contribution in [0.1, 0.15) is 24.2 Å². The Morgan fingerprint density at radius 1 is 1.43 bits per heavy atom. The summed E-state index contributed by atoms with van der Waals surface area (Å²) >= 11 is 0. The molecule has 0 bridgehead atoms. The van der Waals surface area contributed by atoms with Gasteiger partial charge >= 0.3 is 0 Å². The molecule has 14 heavy (non-hydrogen) atoms. The van der Waals surface area contributed by atoms with Crippen molar-refractivity contribution in [1.82, 2.24) is 15.3 Å². The molecule has 0 saturated carbocycles. The first-order valence-electron chi connectivity index (χ1n) is 4.42. The van der Waals surface area contributed by atoms with Crippen LogP contribution in [0, 0.1) is 0 Å². The lowest BCUT2D eigenvalue weighted by molar-refractivity contribution is 0.0935. The van der Waals surface area contributed by atoms with E-state index in [0.717, 1.165) is 0 Å². The van der Waals surface area contributed by atoms with Gasteiger partial charge in [0.15, 0.2) is 0 Å². The van der Waals surface area contributed by atoms with Crippen molar-refractivity contribution in [3.63, 3.8) is 0 Å². The van der Waals surface area contributed by atoms with Gasteiger partial charge < -0.3 is 11.1 Å². The molecule has 0 saturated heterocycles. The Bertz CT molecular complexity index is 299. The van der Waals surface area contributed by atoms with Gasteiger partial charge in [0.2, 0.25) is 0 Å². The summed E-state index contributed by atoms with van der Waals surface area (Å²) in [5.41, 5.74) is 6.06. The number of carbonyl (C=O) groups excluding carboxylic acids is 1. The molecule has 0 aliphatic heterocycles. The summed E-state index contributed by atoms with van der Waals surface area (Å²) in [5, 5.41) is 2.75. The summed E-state index contributed by atoms with van der Waals surface area (Å²) < 4.78 is 0. The van der Waals surface area contributed by atoms with Gasteiger partial charge in [0.1, 0.15) is 6.33 Å². The molecule has 0 radical (unpaired) electrons. The van der Waals surface area contributed by atoms with Crippen LogP contribution < -0.4 is 11.1 Å². The molecule has 5 nitrogen and oxygen atoms in total. The minimum atomic E-state index is -0.199. The van der Waals surface area contributed by atoms with E-state index in [4.69, 9.17) is 5.73 Å². The Kier molecular flexibility index (Phi) is 3.53. The zero-order valence-corrected chi connectivity index (χ0v) is 8.27. The number of nitrogens with two attached hydrogens (primary N) is 1. The number of carbonyl (C=O) groups is 1. The SMILES string of the molecule is CC(N)C(C)NC(=O)c1cncnc1. The lowest BCUT2D eigenvalue weighted by Crippen LogP contribution is -2.43. The highest BCUT2D eigenvalue weighted by atomic mass is 16.1. The monoisotopic (exact) mass is 194 g/mol. The van der Waals surface area contributed by atoms with Crippen molar-refractivity contribution >= 4 is 5.91 Å². The van der Waals surface area contributed by atoms with Crippen LogP contribution in [-0.2, 0) is 0 Å². The molecular weight excluding hydrogens is 180 g/mol. The molecule has 1 aromatic heterocycles. The van der Waals surface area contributed by atoms with Crippen LogP contribution in [-0.4, -0.2) is 28.0 Å². The predicted octanol–water partition coefficient (Wildman–Crippen LogP) is -0.0579. The van der Waals surface area contributed by atoms with Crippen LogP contribution in [0.15, 0.2) is 18.7 Å². The third kappa shape index (κ3) is 2.77. The second-order valence-electron chi connectivity index (χ2n) is 3.25. The Morgan fingerprint density at radius 2 is 2.00 bits per heavy atom. The second kappa shape index (κ2) is 4.66. The van der Waals surface area contributed by atoms with E-state index < -0.39 is 0 Å². The minimum Gasteiger partial charge on any atom is -0.348 e. The van der Waals surface area contributed by atoms with Gasteiger partial charge in [-0.3, -0.25) is 4.79 Å². The highest BCUT2D eigenvalue weighted by Gasteiger charge is 2.12. The molecule has 0 fully saturated rings. The summed E-state index contributed by atoms with van der Waals surface area (Å²) in [6.45, 7) is 3.69. The maximum Gasteiger partial charge on any atom is 0.254 e. The molecule has 0 aliphatic rings. The second-order valence-corrected chi connectivity index (χ2v) is 3.25. The van der Waals surface area contributed by atoms with E-state index in [-0.39, 0.29) is 18.0 Å². The number of nitrogens with zero attached hydrogens (tertiary/aromatic N) is 2. The largest absolute Gasteiger partial charge is 0.348 e. The molecule has 0 aliphatic carbocycles. The molecule has 2 atom stereocenters. The predicted molar refractivity (Wildman–Crippen MR) is 52.6 cm³/mol. The molecule has 76 valence electrons. The average molecular weight is 194 g/mol. The average Bonchev–Trinajstić information content (AvgIpc) is 2.19. The number of nitrogens with one attached hydrogen (secondary N) is 1. The van der Waals surface area contributed by atoms with Crippen LogP contribution in [0.5, 0.6) is 0 Å². The molecule has 2 unspecified atom stereocenters. The van der Waals surface area contributed by atoms with E-state index in [1.807, 2.05) is 13.8 Å². The summed E-state index contributed by atoms with van der Waals surface area (Å²) in [7, 11) is 0. The van der Waals surface area contributed by atoms with Crippen LogP contribution in [0.2, 0.25) is 0 Å². The maximum absolute atomic E-state index is 11.5. The zero-order chi connectivity index (χ0) is 10.6. The zero-order valence-electron chi connectivity index (χ0n) is 8.27. The van der Waals surface area contributed by atoms with Crippen LogP contribution >= 0.6 is 0 Å². The lowest BCUT2D eigenvalue weighted by Gasteiger charge is -2.16. The molecule has 0 spiro atoms. The van der Waals surface area contributed by atoms with Crippen LogP contribution in [0.3, 0.4) is 0 Å². The summed E-state index contributed by atoms with van der Waals surface area (Å²) in [6.07, 6.45) is 4.32. The van der Waals surface area contributed by atoms with Crippen molar-refractivity contribution < 1.29 is 4.79 Å². The number of rotatable bonds is 3. The first-order chi connectivity index (χ1) is 6.61. The third-order valence-electron chi connectivity index (χ3n) is 1.97. The van der Waals surface area contributed by atoms with Gasteiger partial charge in [-0.15, -0.1) is 0 Å². The van der Waals surface area contributed by atoms with Crippen LogP contribution in [0.4, 0.5) is 0 Å². The standard InChI is InChI=1S/C9H14N4O/c1-6(10)7(2)13-9(14)8-3-11-5-12-4-8/h3-7H,10H2,1-2H3,(H,13,14). The van der Waals surface area contributed by atoms with E-state index in [1.165, 1.54) is 18.7 Å². The molecule has 0 aromatic carbocycles. The fourth-order valence-corrected chi connectivity index (χ4v) is 0.838. The number of hydrogen-bond acceptors (Lipinski definition) is 4. The van der Waals surface area contributed by atoms with Gasteiger partial charge in [-0.25, -0.2) is 9.97 Å². The molecular formula is C9H14N4O. The number of amides is 1. The molecule has 1 rings (SSSR count). The number of aromatic nitrogens is 2. The summed E-state index contributed by atoms with van der Waals surface area (Å²) in [5.74, 6) is -0.199. The highest BCUT2D eigenvalue weighted by Crippen LogP contribution is 1.95. The molecule has 1 aromatic rings. The van der Waals surface area contributed by atoms with Gasteiger partial charge in [-0.2, -0.15) is 0 Å². The van der Waals surface area contributed by atoms with E-state index in [1.54, 1.807) is 0 Å². The molecule has 5 heteroatoms. The summed E-state index contributed by atoms with van der Waals surface area (Å²) in [4.78, 5) is 19.0. The highest BCUT2D eigenvalue weighted by molar-refractivity contribution is 5.93. The Balaban J connectivity index is 2.60. The summed E-state index contributed by atoms with van der Waals surface area (Å²) in [6, 6.07) is -0.147. The van der Waals surface area contributed by atoms with Gasteiger partial charge in [0.25, 0.3) is 5.91 Å². The minimum absolute atomic E-state index is 0.0669. The normalized spacial score (nSPS) is 14.5. The van der Waals surface area contributed by atoms with E-state index in [0.29, 0.717) is 5.56 Å². The van der Waals surface area contributed by atoms with E-state index in [9.17, 15) is 4.79 Å². The van der Waals surface area contributed by atoms with Gasteiger partial charge in [-0.1, -0.05) is 0 Å². The fraction of sp³-hybridized carbons (Fsp3) is 0.444. The van der Waals surface area contributed by atoms with Crippen molar-refractivity contribution in [1.29, 1.82) is 0 Å². The maximum atomic E-state index is 11.5. The Morgan fingerprint density at radius 3 is 2.50 bits per heavy atom. The van der Waals surface area contributed by atoms with Crippen molar-refractivity contribution in [2.24, 2.45) is 5.73 Å². The Labute approximate surface area is 82.7 Å². The van der Waals surface area contributed by atoms with Crippen molar-refractivity contribution in [3.8, 4) is 0 Å².